The quantitative estimate of drug-likeness (QED) is 0.801. The van der Waals surface area contributed by atoms with Crippen LogP contribution in [0.1, 0.15) is 22.6 Å². The normalized spacial score (nSPS) is 11.1. The number of aromatic carboxylic acids is 1. The first-order valence-electron chi connectivity index (χ1n) is 4.09. The molecule has 0 fully saturated rings. The fourth-order valence-electron chi connectivity index (χ4n) is 1.26. The van der Waals surface area contributed by atoms with E-state index in [0.717, 1.165) is 0 Å². The van der Waals surface area contributed by atoms with Crippen LogP contribution in [0.15, 0.2) is 18.2 Å². The third kappa shape index (κ3) is 1.65. The molecule has 0 bridgehead atoms. The van der Waals surface area contributed by atoms with Gasteiger partial charge in [-0.3, -0.25) is 0 Å². The van der Waals surface area contributed by atoms with Gasteiger partial charge in [-0.2, -0.15) is 0 Å². The number of fused-ring (bicyclic) bond motifs is 1. The first-order chi connectivity index (χ1) is 7.08. The molecular weight excluding hydrogens is 206 g/mol. The minimum atomic E-state index is -2.58. The Hall–Kier alpha value is -1.98. The molecule has 2 aromatic rings. The maximum Gasteiger partial charge on any atom is 0.371 e. The smallest absolute Gasteiger partial charge is 0.371 e. The molecule has 0 aliphatic rings. The molecule has 1 aromatic carbocycles. The molecule has 1 aromatic heterocycles. The maximum atomic E-state index is 12.3. The highest BCUT2D eigenvalue weighted by molar-refractivity contribution is 5.89. The zero-order valence-electron chi connectivity index (χ0n) is 7.37. The van der Waals surface area contributed by atoms with Crippen molar-refractivity contribution in [2.75, 3.05) is 0 Å². The second-order valence-electron chi connectivity index (χ2n) is 2.97. The number of nitrogens with one attached hydrogen (secondary N) is 1. The molecule has 0 aliphatic heterocycles. The lowest BCUT2D eigenvalue weighted by Gasteiger charge is -1.97. The molecule has 1 heterocycles. The highest BCUT2D eigenvalue weighted by atomic mass is 19.3. The van der Waals surface area contributed by atoms with Gasteiger partial charge >= 0.3 is 5.97 Å². The average molecular weight is 212 g/mol. The van der Waals surface area contributed by atoms with Gasteiger partial charge in [0.15, 0.2) is 0 Å². The minimum absolute atomic E-state index is 0.164. The van der Waals surface area contributed by atoms with E-state index < -0.39 is 12.4 Å². The number of imidazole rings is 1. The third-order valence-corrected chi connectivity index (χ3v) is 1.96. The molecular formula is C9H6F2N2O2. The molecule has 78 valence electrons. The molecule has 0 unspecified atom stereocenters. The van der Waals surface area contributed by atoms with Gasteiger partial charge in [-0.05, 0) is 12.1 Å². The number of nitrogens with zero attached hydrogens (tertiary/aromatic N) is 1. The van der Waals surface area contributed by atoms with Crippen LogP contribution in [0.4, 0.5) is 8.78 Å². The molecule has 15 heavy (non-hydrogen) atoms. The fourth-order valence-corrected chi connectivity index (χ4v) is 1.26. The van der Waals surface area contributed by atoms with Crippen molar-refractivity contribution in [1.82, 2.24) is 9.97 Å². The number of hydrogen-bond acceptors (Lipinski definition) is 2. The standard InChI is InChI=1S/C9H6F2N2O2/c10-7(11)4-1-2-5-6(3-4)13-8(12-5)9(14)15/h1-3,7H,(H,12,13)(H,14,15). The number of carbonyl (C=O) groups is 1. The monoisotopic (exact) mass is 212 g/mol. The Morgan fingerprint density at radius 1 is 1.47 bits per heavy atom. The zero-order chi connectivity index (χ0) is 11.0. The Balaban J connectivity index is 2.57. The summed E-state index contributed by atoms with van der Waals surface area (Å²) in [5, 5.41) is 8.62. The van der Waals surface area contributed by atoms with E-state index in [1.165, 1.54) is 18.2 Å². The SMILES string of the molecule is O=C(O)c1nc2ccc(C(F)F)cc2[nH]1. The van der Waals surface area contributed by atoms with Crippen molar-refractivity contribution in [2.24, 2.45) is 0 Å². The Bertz CT molecular complexity index is 522. The number of benzene rings is 1. The minimum Gasteiger partial charge on any atom is -0.475 e. The number of hydrogen-bond donors (Lipinski definition) is 2. The van der Waals surface area contributed by atoms with Gasteiger partial charge in [0.2, 0.25) is 5.82 Å². The van der Waals surface area contributed by atoms with E-state index in [1.807, 2.05) is 0 Å². The van der Waals surface area contributed by atoms with Gasteiger partial charge in [0, 0.05) is 5.56 Å². The lowest BCUT2D eigenvalue weighted by molar-refractivity contribution is 0.0685. The Labute approximate surface area is 82.6 Å². The molecule has 0 aliphatic carbocycles. The van der Waals surface area contributed by atoms with Crippen LogP contribution < -0.4 is 0 Å². The van der Waals surface area contributed by atoms with E-state index in [2.05, 4.69) is 9.97 Å². The molecule has 0 atom stereocenters. The van der Waals surface area contributed by atoms with Crippen LogP contribution >= 0.6 is 0 Å². The Morgan fingerprint density at radius 3 is 2.80 bits per heavy atom. The number of aromatic nitrogens is 2. The molecule has 0 radical (unpaired) electrons. The topological polar surface area (TPSA) is 66.0 Å². The predicted molar refractivity (Wildman–Crippen MR) is 48.0 cm³/mol. The van der Waals surface area contributed by atoms with Crippen molar-refractivity contribution in [1.29, 1.82) is 0 Å². The van der Waals surface area contributed by atoms with Crippen LogP contribution in [0, 0.1) is 0 Å². The van der Waals surface area contributed by atoms with E-state index in [9.17, 15) is 13.6 Å². The van der Waals surface area contributed by atoms with Crippen molar-refractivity contribution in [3.05, 3.63) is 29.6 Å². The van der Waals surface area contributed by atoms with Gasteiger partial charge in [-0.25, -0.2) is 18.6 Å². The molecule has 0 saturated heterocycles. The molecule has 0 amide bonds. The lowest BCUT2D eigenvalue weighted by atomic mass is 10.2. The highest BCUT2D eigenvalue weighted by Crippen LogP contribution is 2.22. The molecule has 6 heteroatoms. The lowest BCUT2D eigenvalue weighted by Crippen LogP contribution is -1.97. The number of H-pyrrole nitrogens is 1. The Morgan fingerprint density at radius 2 is 2.20 bits per heavy atom. The first-order valence-corrected chi connectivity index (χ1v) is 4.09. The molecule has 2 N–H and O–H groups in total. The highest BCUT2D eigenvalue weighted by Gasteiger charge is 2.12. The fraction of sp³-hybridized carbons (Fsp3) is 0.111. The van der Waals surface area contributed by atoms with E-state index in [0.29, 0.717) is 11.0 Å². The second kappa shape index (κ2) is 3.30. The van der Waals surface area contributed by atoms with Gasteiger partial charge in [-0.15, -0.1) is 0 Å². The van der Waals surface area contributed by atoms with Crippen molar-refractivity contribution >= 4 is 17.0 Å². The molecule has 2 rings (SSSR count). The summed E-state index contributed by atoms with van der Waals surface area (Å²) in [4.78, 5) is 16.7. The maximum absolute atomic E-state index is 12.3. The third-order valence-electron chi connectivity index (χ3n) is 1.96. The number of halogens is 2. The first kappa shape index (κ1) is 9.57. The number of aromatic amines is 1. The van der Waals surface area contributed by atoms with Crippen molar-refractivity contribution in [3.63, 3.8) is 0 Å². The summed E-state index contributed by atoms with van der Waals surface area (Å²) in [5.41, 5.74) is 0.491. The summed E-state index contributed by atoms with van der Waals surface area (Å²) in [6, 6.07) is 3.78. The summed E-state index contributed by atoms with van der Waals surface area (Å²) in [5.74, 6) is -1.47. The molecule has 4 nitrogen and oxygen atoms in total. The summed E-state index contributed by atoms with van der Waals surface area (Å²) in [7, 11) is 0. The van der Waals surface area contributed by atoms with Crippen molar-refractivity contribution in [2.45, 2.75) is 6.43 Å². The van der Waals surface area contributed by atoms with Gasteiger partial charge in [0.1, 0.15) is 0 Å². The number of carboxylic acids is 1. The van der Waals surface area contributed by atoms with E-state index >= 15 is 0 Å². The van der Waals surface area contributed by atoms with Crippen LogP contribution in [-0.4, -0.2) is 21.0 Å². The number of alkyl halides is 2. The second-order valence-corrected chi connectivity index (χ2v) is 2.97. The predicted octanol–water partition coefficient (Wildman–Crippen LogP) is 2.20. The van der Waals surface area contributed by atoms with Crippen LogP contribution in [0.3, 0.4) is 0 Å². The number of rotatable bonds is 2. The molecule has 0 spiro atoms. The van der Waals surface area contributed by atoms with E-state index in [-0.39, 0.29) is 11.4 Å². The summed E-state index contributed by atoms with van der Waals surface area (Å²) < 4.78 is 24.6. The van der Waals surface area contributed by atoms with Gasteiger partial charge in [0.05, 0.1) is 11.0 Å². The summed E-state index contributed by atoms with van der Waals surface area (Å²) in [6.45, 7) is 0. The van der Waals surface area contributed by atoms with Gasteiger partial charge < -0.3 is 10.1 Å². The van der Waals surface area contributed by atoms with Gasteiger partial charge in [0.25, 0.3) is 6.43 Å². The molecule has 0 saturated carbocycles. The zero-order valence-corrected chi connectivity index (χ0v) is 7.37. The average Bonchev–Trinajstić information content (AvgIpc) is 2.59. The van der Waals surface area contributed by atoms with E-state index in [4.69, 9.17) is 5.11 Å². The van der Waals surface area contributed by atoms with Gasteiger partial charge in [-0.1, -0.05) is 6.07 Å². The van der Waals surface area contributed by atoms with Crippen molar-refractivity contribution in [3.8, 4) is 0 Å². The Kier molecular flexibility index (Phi) is 2.11. The largest absolute Gasteiger partial charge is 0.475 e. The van der Waals surface area contributed by atoms with Crippen LogP contribution in [-0.2, 0) is 0 Å². The van der Waals surface area contributed by atoms with E-state index in [1.54, 1.807) is 0 Å². The van der Waals surface area contributed by atoms with Crippen LogP contribution in [0.2, 0.25) is 0 Å². The van der Waals surface area contributed by atoms with Crippen LogP contribution in [0.5, 0.6) is 0 Å². The van der Waals surface area contributed by atoms with Crippen LogP contribution in [0.25, 0.3) is 11.0 Å². The summed E-state index contributed by atoms with van der Waals surface area (Å²) in [6.07, 6.45) is -2.58. The number of carboxylic acid groups (broad SMARTS) is 1. The van der Waals surface area contributed by atoms with Crippen molar-refractivity contribution < 1.29 is 18.7 Å². The summed E-state index contributed by atoms with van der Waals surface area (Å²) >= 11 is 0.